The van der Waals surface area contributed by atoms with Gasteiger partial charge in [-0.15, -0.1) is 0 Å². The molecule has 1 aliphatic rings. The zero-order valence-corrected chi connectivity index (χ0v) is 19.2. The van der Waals surface area contributed by atoms with E-state index in [9.17, 15) is 0 Å². The molecule has 170 valence electrons. The summed E-state index contributed by atoms with van der Waals surface area (Å²) in [5.41, 5.74) is 4.11. The van der Waals surface area contributed by atoms with Crippen LogP contribution in [0.4, 0.5) is 17.6 Å². The molecule has 1 aliphatic heterocycles. The predicted octanol–water partition coefficient (Wildman–Crippen LogP) is 5.42. The van der Waals surface area contributed by atoms with Gasteiger partial charge in [-0.1, -0.05) is 0 Å². The van der Waals surface area contributed by atoms with Gasteiger partial charge in [0.1, 0.15) is 5.75 Å². The molecular weight excluding hydrogens is 426 g/mol. The van der Waals surface area contributed by atoms with Crippen molar-refractivity contribution in [3.63, 3.8) is 0 Å². The fourth-order valence-electron chi connectivity index (χ4n) is 3.91. The van der Waals surface area contributed by atoms with Crippen LogP contribution < -0.4 is 15.0 Å². The summed E-state index contributed by atoms with van der Waals surface area (Å²) in [4.78, 5) is 15.9. The fourth-order valence-corrected chi connectivity index (χ4v) is 3.91. The molecule has 2 heterocycles. The number of hydrogen-bond acceptors (Lipinski definition) is 8. The first kappa shape index (κ1) is 22.8. The van der Waals surface area contributed by atoms with Crippen LogP contribution in [0.15, 0.2) is 42.5 Å². The maximum Gasteiger partial charge on any atom is 0.328 e. The lowest BCUT2D eigenvalue weighted by molar-refractivity contribution is 0.432. The lowest BCUT2D eigenvalue weighted by Crippen LogP contribution is -2.31. The molecule has 1 aromatic heterocycles. The average Bonchev–Trinajstić information content (AvgIpc) is 2.86. The van der Waals surface area contributed by atoms with Crippen LogP contribution in [-0.4, -0.2) is 28.0 Å². The quantitative estimate of drug-likeness (QED) is 0.494. The van der Waals surface area contributed by atoms with Crippen molar-refractivity contribution in [2.75, 3.05) is 23.3 Å². The van der Waals surface area contributed by atoms with Gasteiger partial charge in [0.15, 0.2) is 0 Å². The van der Waals surface area contributed by atoms with E-state index in [4.69, 9.17) is 15.3 Å². The number of aryl methyl sites for hydroxylation is 2. The number of nitrogens with zero attached hydrogens (tertiary/aromatic N) is 6. The Morgan fingerprint density at radius 1 is 0.971 bits per heavy atom. The first-order valence-corrected chi connectivity index (χ1v) is 11.2. The van der Waals surface area contributed by atoms with Crippen molar-refractivity contribution < 1.29 is 4.74 Å². The highest BCUT2D eigenvalue weighted by molar-refractivity contribution is 5.59. The molecule has 8 nitrogen and oxygen atoms in total. The van der Waals surface area contributed by atoms with E-state index >= 15 is 0 Å². The number of ether oxygens (including phenoxy) is 1. The molecule has 1 fully saturated rings. The molecule has 0 radical (unpaired) electrons. The highest BCUT2D eigenvalue weighted by Gasteiger charge is 2.18. The Kier molecular flexibility index (Phi) is 7.00. The van der Waals surface area contributed by atoms with Gasteiger partial charge in [-0.2, -0.15) is 25.5 Å². The van der Waals surface area contributed by atoms with Gasteiger partial charge in [0.25, 0.3) is 0 Å². The zero-order valence-electron chi connectivity index (χ0n) is 19.2. The second-order valence-corrected chi connectivity index (χ2v) is 8.15. The summed E-state index contributed by atoms with van der Waals surface area (Å²) in [5, 5.41) is 21.0. The van der Waals surface area contributed by atoms with Gasteiger partial charge in [-0.05, 0) is 92.3 Å². The molecule has 0 atom stereocenters. The number of piperidine rings is 1. The number of anilines is 3. The summed E-state index contributed by atoms with van der Waals surface area (Å²) in [5.74, 6) is 1.62. The van der Waals surface area contributed by atoms with Crippen LogP contribution in [0, 0.1) is 36.5 Å². The third kappa shape index (κ3) is 5.48. The van der Waals surface area contributed by atoms with Crippen molar-refractivity contribution in [3.05, 3.63) is 64.7 Å². The van der Waals surface area contributed by atoms with E-state index in [1.54, 1.807) is 18.2 Å². The van der Waals surface area contributed by atoms with E-state index in [1.165, 1.54) is 12.5 Å². The zero-order chi connectivity index (χ0) is 23.9. The van der Waals surface area contributed by atoms with E-state index in [0.717, 1.165) is 48.3 Å². The van der Waals surface area contributed by atoms with Crippen LogP contribution in [0.5, 0.6) is 11.8 Å². The number of allylic oxidation sites excluding steroid dienone is 1. The summed E-state index contributed by atoms with van der Waals surface area (Å²) in [7, 11) is 0. The fraction of sp³-hybridized carbons (Fsp3) is 0.269. The highest BCUT2D eigenvalue weighted by atomic mass is 16.5. The lowest BCUT2D eigenvalue weighted by Gasteiger charge is -2.27. The lowest BCUT2D eigenvalue weighted by atomic mass is 10.1. The van der Waals surface area contributed by atoms with Crippen LogP contribution in [0.25, 0.3) is 6.08 Å². The van der Waals surface area contributed by atoms with Gasteiger partial charge in [-0.3, -0.25) is 0 Å². The van der Waals surface area contributed by atoms with Crippen molar-refractivity contribution in [1.82, 2.24) is 15.0 Å². The maximum absolute atomic E-state index is 9.04. The normalized spacial score (nSPS) is 13.4. The third-order valence-corrected chi connectivity index (χ3v) is 5.54. The summed E-state index contributed by atoms with van der Waals surface area (Å²) in [6, 6.07) is 15.3. The topological polar surface area (TPSA) is 111 Å². The number of nitrogens with one attached hydrogen (secondary N) is 1. The molecule has 2 aromatic carbocycles. The van der Waals surface area contributed by atoms with Crippen LogP contribution in [-0.2, 0) is 0 Å². The largest absolute Gasteiger partial charge is 0.424 e. The molecule has 0 saturated carbocycles. The molecule has 1 N–H and O–H groups in total. The molecule has 1 saturated heterocycles. The number of rotatable bonds is 6. The Balaban J connectivity index is 1.67. The molecule has 0 unspecified atom stereocenters. The summed E-state index contributed by atoms with van der Waals surface area (Å²) < 4.78 is 6.18. The minimum Gasteiger partial charge on any atom is -0.424 e. The van der Waals surface area contributed by atoms with Crippen LogP contribution in [0.1, 0.15) is 41.5 Å². The molecule has 8 heteroatoms. The Labute approximate surface area is 199 Å². The maximum atomic E-state index is 9.04. The molecule has 0 aliphatic carbocycles. The van der Waals surface area contributed by atoms with Gasteiger partial charge in [-0.25, -0.2) is 0 Å². The molecule has 4 rings (SSSR count). The Bertz CT molecular complexity index is 1260. The summed E-state index contributed by atoms with van der Waals surface area (Å²) in [6.45, 7) is 5.68. The van der Waals surface area contributed by atoms with Crippen LogP contribution >= 0.6 is 0 Å². The number of benzene rings is 2. The SMILES string of the molecule is Cc1cc(/C=C/C#N)cc(C)c1Oc1nc(Nc2ccc(C#N)cc2)nc(N2CCCCC2)n1. The first-order chi connectivity index (χ1) is 16.6. The van der Waals surface area contributed by atoms with Gasteiger partial charge in [0.05, 0.1) is 17.7 Å². The Morgan fingerprint density at radius 2 is 1.68 bits per heavy atom. The van der Waals surface area contributed by atoms with E-state index in [-0.39, 0.29) is 6.01 Å². The van der Waals surface area contributed by atoms with E-state index in [0.29, 0.717) is 23.2 Å². The van der Waals surface area contributed by atoms with Crippen molar-refractivity contribution in [2.45, 2.75) is 33.1 Å². The number of nitriles is 2. The van der Waals surface area contributed by atoms with Gasteiger partial charge in [0.2, 0.25) is 11.9 Å². The van der Waals surface area contributed by atoms with Gasteiger partial charge in [0, 0.05) is 24.9 Å². The molecule has 3 aromatic rings. The molecular formula is C26H25N7O. The second-order valence-electron chi connectivity index (χ2n) is 8.15. The highest BCUT2D eigenvalue weighted by Crippen LogP contribution is 2.30. The van der Waals surface area contributed by atoms with Crippen molar-refractivity contribution in [2.24, 2.45) is 0 Å². The van der Waals surface area contributed by atoms with E-state index in [2.05, 4.69) is 31.2 Å². The van der Waals surface area contributed by atoms with Crippen molar-refractivity contribution in [3.8, 4) is 23.9 Å². The van der Waals surface area contributed by atoms with E-state index in [1.807, 2.05) is 44.2 Å². The predicted molar refractivity (Wildman–Crippen MR) is 131 cm³/mol. The van der Waals surface area contributed by atoms with Gasteiger partial charge >= 0.3 is 6.01 Å². The van der Waals surface area contributed by atoms with E-state index < -0.39 is 0 Å². The molecule has 0 amide bonds. The summed E-state index contributed by atoms with van der Waals surface area (Å²) in [6.07, 6.45) is 6.60. The average molecular weight is 452 g/mol. The van der Waals surface area contributed by atoms with Crippen molar-refractivity contribution in [1.29, 1.82) is 10.5 Å². The van der Waals surface area contributed by atoms with Crippen LogP contribution in [0.3, 0.4) is 0 Å². The standard InChI is InChI=1S/C26H25N7O/c1-18-15-21(7-6-12-27)16-19(2)23(18)34-26-31-24(29-22-10-8-20(17-28)9-11-22)30-25(32-26)33-13-4-3-5-14-33/h6-11,15-16H,3-5,13-14H2,1-2H3,(H,29,30,31,32)/b7-6+. The van der Waals surface area contributed by atoms with Crippen LogP contribution in [0.2, 0.25) is 0 Å². The summed E-state index contributed by atoms with van der Waals surface area (Å²) >= 11 is 0. The Hall–Kier alpha value is -4.43. The number of aromatic nitrogens is 3. The second kappa shape index (κ2) is 10.5. The number of hydrogen-bond donors (Lipinski definition) is 1. The minimum atomic E-state index is 0.207. The molecule has 0 spiro atoms. The van der Waals surface area contributed by atoms with Gasteiger partial charge < -0.3 is 15.0 Å². The molecule has 0 bridgehead atoms. The smallest absolute Gasteiger partial charge is 0.328 e. The first-order valence-electron chi connectivity index (χ1n) is 11.2. The Morgan fingerprint density at radius 3 is 2.32 bits per heavy atom. The minimum absolute atomic E-state index is 0.207. The molecule has 34 heavy (non-hydrogen) atoms. The van der Waals surface area contributed by atoms with Crippen molar-refractivity contribution >= 4 is 23.7 Å². The third-order valence-electron chi connectivity index (χ3n) is 5.54. The monoisotopic (exact) mass is 451 g/mol.